The number of thiazole rings is 1. The van der Waals surface area contributed by atoms with E-state index in [1.165, 1.54) is 17.7 Å². The second-order valence-electron chi connectivity index (χ2n) is 7.03. The molecule has 1 aliphatic carbocycles. The molecule has 0 radical (unpaired) electrons. The summed E-state index contributed by atoms with van der Waals surface area (Å²) in [7, 11) is 3.46. The second kappa shape index (κ2) is 9.78. The molecule has 1 saturated carbocycles. The lowest BCUT2D eigenvalue weighted by atomic mass is 10.2. The highest BCUT2D eigenvalue weighted by Crippen LogP contribution is 2.30. The van der Waals surface area contributed by atoms with Gasteiger partial charge in [-0.3, -0.25) is 4.99 Å². The Labute approximate surface area is 171 Å². The quantitative estimate of drug-likeness (QED) is 0.542. The van der Waals surface area contributed by atoms with Gasteiger partial charge in [-0.05, 0) is 51.7 Å². The molecule has 1 aromatic carbocycles. The van der Waals surface area contributed by atoms with Crippen LogP contribution in [-0.2, 0) is 13.1 Å². The molecule has 0 bridgehead atoms. The van der Waals surface area contributed by atoms with E-state index < -0.39 is 0 Å². The summed E-state index contributed by atoms with van der Waals surface area (Å²) in [4.78, 5) is 10.1. The van der Waals surface area contributed by atoms with Crippen molar-refractivity contribution in [2.24, 2.45) is 4.99 Å². The molecule has 2 N–H and O–H groups in total. The highest BCUT2D eigenvalue weighted by atomic mass is 32.1. The lowest BCUT2D eigenvalue weighted by molar-refractivity contribution is 0.207. The third-order valence-corrected chi connectivity index (χ3v) is 6.09. The molecule has 7 heteroatoms. The van der Waals surface area contributed by atoms with E-state index in [1.54, 1.807) is 25.5 Å². The molecule has 1 fully saturated rings. The average molecular weight is 403 g/mol. The number of guanidine groups is 1. The van der Waals surface area contributed by atoms with Crippen LogP contribution in [0.15, 0.2) is 23.2 Å². The number of benzene rings is 1. The van der Waals surface area contributed by atoms with Crippen LogP contribution in [0.25, 0.3) is 0 Å². The van der Waals surface area contributed by atoms with E-state index in [-0.39, 0.29) is 0 Å². The van der Waals surface area contributed by atoms with Crippen LogP contribution < -0.4 is 20.1 Å². The molecule has 2 aromatic rings. The minimum atomic E-state index is 0.305. The molecule has 1 aromatic heterocycles. The van der Waals surface area contributed by atoms with Gasteiger partial charge in [0, 0.05) is 30.1 Å². The maximum atomic E-state index is 6.27. The number of hydrogen-bond donors (Lipinski definition) is 2. The number of hydrogen-bond acceptors (Lipinski definition) is 5. The molecule has 6 nitrogen and oxygen atoms in total. The fraction of sp³-hybridized carbons (Fsp3) is 0.524. The SMILES string of the molecule is CN=C(NCc1nc(C)c(C)s1)NCc1ccc(OC)cc1OC1CCCC1. The Morgan fingerprint density at radius 3 is 2.61 bits per heavy atom. The van der Waals surface area contributed by atoms with Gasteiger partial charge in [-0.15, -0.1) is 11.3 Å². The number of nitrogens with one attached hydrogen (secondary N) is 2. The van der Waals surface area contributed by atoms with Gasteiger partial charge in [-0.25, -0.2) is 4.98 Å². The van der Waals surface area contributed by atoms with Crippen LogP contribution in [0.4, 0.5) is 0 Å². The van der Waals surface area contributed by atoms with Gasteiger partial charge in [0.05, 0.1) is 25.5 Å². The van der Waals surface area contributed by atoms with Crippen LogP contribution in [0.3, 0.4) is 0 Å². The summed E-state index contributed by atoms with van der Waals surface area (Å²) in [5.74, 6) is 2.45. The number of aliphatic imine (C=N–C) groups is 1. The lowest BCUT2D eigenvalue weighted by Gasteiger charge is -2.18. The average Bonchev–Trinajstić information content (AvgIpc) is 3.32. The Morgan fingerprint density at radius 1 is 1.21 bits per heavy atom. The van der Waals surface area contributed by atoms with E-state index in [1.807, 2.05) is 19.1 Å². The summed E-state index contributed by atoms with van der Waals surface area (Å²) >= 11 is 1.72. The van der Waals surface area contributed by atoms with Gasteiger partial charge < -0.3 is 20.1 Å². The third kappa shape index (κ3) is 5.38. The molecule has 1 aliphatic rings. The van der Waals surface area contributed by atoms with E-state index in [4.69, 9.17) is 9.47 Å². The van der Waals surface area contributed by atoms with Gasteiger partial charge in [0.1, 0.15) is 16.5 Å². The lowest BCUT2D eigenvalue weighted by Crippen LogP contribution is -2.36. The summed E-state index contributed by atoms with van der Waals surface area (Å²) in [5, 5.41) is 7.77. The molecule has 0 aliphatic heterocycles. The Morgan fingerprint density at radius 2 is 1.96 bits per heavy atom. The van der Waals surface area contributed by atoms with Gasteiger partial charge in [0.2, 0.25) is 0 Å². The number of nitrogens with zero attached hydrogens (tertiary/aromatic N) is 2. The van der Waals surface area contributed by atoms with Gasteiger partial charge >= 0.3 is 0 Å². The molecule has 0 spiro atoms. The van der Waals surface area contributed by atoms with Gasteiger partial charge in [-0.1, -0.05) is 0 Å². The number of methoxy groups -OCH3 is 1. The van der Waals surface area contributed by atoms with Crippen LogP contribution in [0.1, 0.15) is 46.8 Å². The highest BCUT2D eigenvalue weighted by molar-refractivity contribution is 7.11. The van der Waals surface area contributed by atoms with E-state index in [0.717, 1.165) is 46.6 Å². The monoisotopic (exact) mass is 402 g/mol. The van der Waals surface area contributed by atoms with E-state index in [0.29, 0.717) is 19.2 Å². The van der Waals surface area contributed by atoms with Crippen LogP contribution in [0, 0.1) is 13.8 Å². The fourth-order valence-corrected chi connectivity index (χ4v) is 4.15. The first kappa shape index (κ1) is 20.5. The Kier molecular flexibility index (Phi) is 7.14. The topological polar surface area (TPSA) is 67.8 Å². The molecule has 0 unspecified atom stereocenters. The van der Waals surface area contributed by atoms with Crippen molar-refractivity contribution in [1.82, 2.24) is 15.6 Å². The van der Waals surface area contributed by atoms with Crippen molar-refractivity contribution in [1.29, 1.82) is 0 Å². The number of ether oxygens (including phenoxy) is 2. The van der Waals surface area contributed by atoms with Crippen LogP contribution in [0.5, 0.6) is 11.5 Å². The summed E-state index contributed by atoms with van der Waals surface area (Å²) < 4.78 is 11.6. The predicted molar refractivity (Wildman–Crippen MR) is 115 cm³/mol. The molecule has 3 rings (SSSR count). The molecule has 0 saturated heterocycles. The first-order valence-electron chi connectivity index (χ1n) is 9.80. The highest BCUT2D eigenvalue weighted by Gasteiger charge is 2.18. The van der Waals surface area contributed by atoms with Crippen molar-refractivity contribution in [3.05, 3.63) is 39.3 Å². The third-order valence-electron chi connectivity index (χ3n) is 5.02. The Hall–Kier alpha value is -2.28. The second-order valence-corrected chi connectivity index (χ2v) is 8.31. The van der Waals surface area contributed by atoms with E-state index in [2.05, 4.69) is 33.6 Å². The first-order valence-corrected chi connectivity index (χ1v) is 10.6. The van der Waals surface area contributed by atoms with Crippen molar-refractivity contribution < 1.29 is 9.47 Å². The van der Waals surface area contributed by atoms with Crippen LogP contribution >= 0.6 is 11.3 Å². The van der Waals surface area contributed by atoms with Crippen molar-refractivity contribution in [2.45, 2.75) is 58.7 Å². The van der Waals surface area contributed by atoms with Crippen LogP contribution in [-0.4, -0.2) is 31.2 Å². The van der Waals surface area contributed by atoms with Crippen molar-refractivity contribution in [2.75, 3.05) is 14.2 Å². The van der Waals surface area contributed by atoms with Crippen LogP contribution in [0.2, 0.25) is 0 Å². The molecule has 0 amide bonds. The molecular formula is C21H30N4O2S. The summed E-state index contributed by atoms with van der Waals surface area (Å²) in [6.45, 7) is 5.42. The van der Waals surface area contributed by atoms with E-state index >= 15 is 0 Å². The zero-order chi connectivity index (χ0) is 19.9. The normalized spacial score (nSPS) is 14.9. The summed E-state index contributed by atoms with van der Waals surface area (Å²) in [6, 6.07) is 6.00. The maximum Gasteiger partial charge on any atom is 0.191 e. The maximum absolute atomic E-state index is 6.27. The molecular weight excluding hydrogens is 372 g/mol. The standard InChI is InChI=1S/C21H30N4O2S/c1-14-15(2)28-20(25-14)13-24-21(22-3)23-12-16-9-10-18(26-4)11-19(16)27-17-7-5-6-8-17/h9-11,17H,5-8,12-13H2,1-4H3,(H2,22,23,24). The Balaban J connectivity index is 1.61. The van der Waals surface area contributed by atoms with E-state index in [9.17, 15) is 0 Å². The van der Waals surface area contributed by atoms with Crippen molar-refractivity contribution in [3.8, 4) is 11.5 Å². The van der Waals surface area contributed by atoms with Crippen molar-refractivity contribution in [3.63, 3.8) is 0 Å². The minimum absolute atomic E-state index is 0.305. The first-order chi connectivity index (χ1) is 13.6. The molecule has 152 valence electrons. The largest absolute Gasteiger partial charge is 0.497 e. The van der Waals surface area contributed by atoms with Gasteiger partial charge in [0.15, 0.2) is 5.96 Å². The predicted octanol–water partition coefficient (Wildman–Crippen LogP) is 3.96. The Bertz CT molecular complexity index is 793. The summed E-state index contributed by atoms with van der Waals surface area (Å²) in [6.07, 6.45) is 5.04. The zero-order valence-corrected chi connectivity index (χ0v) is 18.0. The minimum Gasteiger partial charge on any atom is -0.497 e. The fourth-order valence-electron chi connectivity index (χ4n) is 3.28. The molecule has 28 heavy (non-hydrogen) atoms. The van der Waals surface area contributed by atoms with Crippen molar-refractivity contribution >= 4 is 17.3 Å². The number of rotatable bonds is 7. The van der Waals surface area contributed by atoms with Gasteiger partial charge in [-0.2, -0.15) is 0 Å². The smallest absolute Gasteiger partial charge is 0.191 e. The molecule has 1 heterocycles. The molecule has 0 atom stereocenters. The zero-order valence-electron chi connectivity index (χ0n) is 17.2. The summed E-state index contributed by atoms with van der Waals surface area (Å²) in [5.41, 5.74) is 2.19. The number of aryl methyl sites for hydroxylation is 2. The van der Waals surface area contributed by atoms with Gasteiger partial charge in [0.25, 0.3) is 0 Å². The number of aromatic nitrogens is 1.